The van der Waals surface area contributed by atoms with Crippen molar-refractivity contribution in [3.63, 3.8) is 0 Å². The highest BCUT2D eigenvalue weighted by Crippen LogP contribution is 2.22. The Balaban J connectivity index is 4.29. The van der Waals surface area contributed by atoms with Gasteiger partial charge in [0.2, 0.25) is 0 Å². The number of hydrogen-bond acceptors (Lipinski definition) is 4. The van der Waals surface area contributed by atoms with Crippen molar-refractivity contribution in [2.45, 2.75) is 38.6 Å². The van der Waals surface area contributed by atoms with Gasteiger partial charge in [0.25, 0.3) is 0 Å². The van der Waals surface area contributed by atoms with Crippen LogP contribution in [0.4, 0.5) is 13.2 Å². The second-order valence-corrected chi connectivity index (χ2v) is 3.12. The number of nitrogens with one attached hydrogen (secondary N) is 1. The van der Waals surface area contributed by atoms with Crippen LogP contribution in [-0.4, -0.2) is 31.0 Å². The molecule has 0 saturated carbocycles. The summed E-state index contributed by atoms with van der Waals surface area (Å²) < 4.78 is 41.3. The van der Waals surface area contributed by atoms with E-state index in [-0.39, 0.29) is 0 Å². The largest absolute Gasteiger partial charge is 0.463 e. The molecule has 0 aliphatic carbocycles. The third kappa shape index (κ3) is 5.92. The van der Waals surface area contributed by atoms with E-state index in [1.165, 1.54) is 0 Å². The van der Waals surface area contributed by atoms with Crippen LogP contribution < -0.4 is 5.43 Å². The lowest BCUT2D eigenvalue weighted by atomic mass is 10.2. The maximum atomic E-state index is 12.2. The fourth-order valence-electron chi connectivity index (χ4n) is 0.822. The van der Waals surface area contributed by atoms with Gasteiger partial charge in [0.05, 0.1) is 12.5 Å². The van der Waals surface area contributed by atoms with E-state index < -0.39 is 30.7 Å². The molecule has 0 aliphatic rings. The van der Waals surface area contributed by atoms with Crippen molar-refractivity contribution in [1.82, 2.24) is 5.43 Å². The van der Waals surface area contributed by atoms with Crippen LogP contribution in [0.25, 0.3) is 0 Å². The van der Waals surface area contributed by atoms with Gasteiger partial charge in [-0.2, -0.15) is 18.3 Å². The first-order valence-corrected chi connectivity index (χ1v) is 4.24. The van der Waals surface area contributed by atoms with Crippen molar-refractivity contribution >= 4 is 12.7 Å². The van der Waals surface area contributed by atoms with Crippen LogP contribution in [0.5, 0.6) is 0 Å². The normalized spacial score (nSPS) is 13.5. The lowest BCUT2D eigenvalue weighted by Crippen LogP contribution is -2.41. The summed E-state index contributed by atoms with van der Waals surface area (Å²) in [5.74, 6) is -0.927. The summed E-state index contributed by atoms with van der Waals surface area (Å²) >= 11 is 0. The van der Waals surface area contributed by atoms with Crippen LogP contribution >= 0.6 is 0 Å². The molecular formula is C8H13F3N2O2. The van der Waals surface area contributed by atoms with Gasteiger partial charge in [0.1, 0.15) is 6.04 Å². The molecule has 0 rings (SSSR count). The van der Waals surface area contributed by atoms with Crippen LogP contribution in [0, 0.1) is 0 Å². The third-order valence-corrected chi connectivity index (χ3v) is 1.38. The number of hydrogen-bond donors (Lipinski definition) is 1. The Bertz CT molecular complexity index is 228. The topological polar surface area (TPSA) is 50.7 Å². The Labute approximate surface area is 85.5 Å². The molecular weight excluding hydrogens is 213 g/mol. The van der Waals surface area contributed by atoms with Gasteiger partial charge in [-0.15, -0.1) is 0 Å². The molecule has 0 aromatic heterocycles. The molecule has 0 heterocycles. The molecule has 0 aromatic carbocycles. The minimum absolute atomic E-state index is 0.442. The Morgan fingerprint density at radius 1 is 1.53 bits per heavy atom. The molecule has 0 aromatic rings. The minimum atomic E-state index is -4.56. The average Bonchev–Trinajstić information content (AvgIpc) is 2.00. The molecule has 1 atom stereocenters. The molecule has 0 spiro atoms. The maximum Gasteiger partial charge on any atom is 0.410 e. The number of nitrogens with zero attached hydrogens (tertiary/aromatic N) is 1. The summed E-state index contributed by atoms with van der Waals surface area (Å²) in [6.07, 6.45) is -5.82. The molecule has 15 heavy (non-hydrogen) atoms. The SMILES string of the molecule is C=NNC(CC(=O)OC(C)C)C(F)(F)F. The average molecular weight is 226 g/mol. The van der Waals surface area contributed by atoms with E-state index in [1.54, 1.807) is 19.3 Å². The molecule has 0 bridgehead atoms. The molecule has 4 nitrogen and oxygen atoms in total. The van der Waals surface area contributed by atoms with Gasteiger partial charge in [-0.05, 0) is 13.8 Å². The number of rotatable bonds is 5. The van der Waals surface area contributed by atoms with Crippen molar-refractivity contribution < 1.29 is 22.7 Å². The van der Waals surface area contributed by atoms with Gasteiger partial charge in [0, 0.05) is 6.72 Å². The standard InChI is InChI=1S/C8H13F3N2O2/c1-5(2)15-7(14)4-6(13-12-3)8(9,10)11/h5-6,13H,3-4H2,1-2H3. The van der Waals surface area contributed by atoms with E-state index in [9.17, 15) is 18.0 Å². The van der Waals surface area contributed by atoms with E-state index in [2.05, 4.69) is 16.6 Å². The highest BCUT2D eigenvalue weighted by atomic mass is 19.4. The zero-order chi connectivity index (χ0) is 12.1. The monoisotopic (exact) mass is 226 g/mol. The summed E-state index contributed by atoms with van der Waals surface area (Å²) in [4.78, 5) is 11.0. The Kier molecular flexibility index (Phi) is 5.10. The summed E-state index contributed by atoms with van der Waals surface area (Å²) in [7, 11) is 0. The van der Waals surface area contributed by atoms with Crippen LogP contribution in [0.1, 0.15) is 20.3 Å². The van der Waals surface area contributed by atoms with Gasteiger partial charge in [0.15, 0.2) is 0 Å². The number of carbonyl (C=O) groups excluding carboxylic acids is 1. The van der Waals surface area contributed by atoms with E-state index in [0.29, 0.717) is 0 Å². The molecule has 0 aliphatic heterocycles. The maximum absolute atomic E-state index is 12.2. The lowest BCUT2D eigenvalue weighted by molar-refractivity contribution is -0.171. The van der Waals surface area contributed by atoms with Crippen LogP contribution in [-0.2, 0) is 9.53 Å². The highest BCUT2D eigenvalue weighted by Gasteiger charge is 2.41. The number of esters is 1. The van der Waals surface area contributed by atoms with E-state index in [0.717, 1.165) is 0 Å². The zero-order valence-corrected chi connectivity index (χ0v) is 8.47. The van der Waals surface area contributed by atoms with Crippen molar-refractivity contribution in [2.24, 2.45) is 5.10 Å². The minimum Gasteiger partial charge on any atom is -0.463 e. The highest BCUT2D eigenvalue weighted by molar-refractivity contribution is 5.70. The summed E-state index contributed by atoms with van der Waals surface area (Å²) in [6, 6.07) is -2.05. The van der Waals surface area contributed by atoms with Crippen molar-refractivity contribution in [1.29, 1.82) is 0 Å². The molecule has 0 saturated heterocycles. The predicted octanol–water partition coefficient (Wildman–Crippen LogP) is 1.46. The van der Waals surface area contributed by atoms with Gasteiger partial charge in [-0.1, -0.05) is 0 Å². The van der Waals surface area contributed by atoms with Gasteiger partial charge in [-0.25, -0.2) is 0 Å². The van der Waals surface area contributed by atoms with Gasteiger partial charge < -0.3 is 4.74 Å². The zero-order valence-electron chi connectivity index (χ0n) is 8.47. The molecule has 0 radical (unpaired) electrons. The number of hydrazone groups is 1. The quantitative estimate of drug-likeness (QED) is 0.438. The third-order valence-electron chi connectivity index (χ3n) is 1.38. The molecule has 0 amide bonds. The first kappa shape index (κ1) is 13.7. The number of carbonyl (C=O) groups is 1. The second kappa shape index (κ2) is 5.57. The van der Waals surface area contributed by atoms with Crippen molar-refractivity contribution in [3.8, 4) is 0 Å². The number of alkyl halides is 3. The molecule has 0 fully saturated rings. The second-order valence-electron chi connectivity index (χ2n) is 3.12. The van der Waals surface area contributed by atoms with E-state index in [1.807, 2.05) is 0 Å². The van der Waals surface area contributed by atoms with Crippen LogP contribution in [0.15, 0.2) is 5.10 Å². The molecule has 88 valence electrons. The van der Waals surface area contributed by atoms with Gasteiger partial charge in [-0.3, -0.25) is 10.2 Å². The van der Waals surface area contributed by atoms with E-state index in [4.69, 9.17) is 0 Å². The Hall–Kier alpha value is -1.27. The fraction of sp³-hybridized carbons (Fsp3) is 0.750. The van der Waals surface area contributed by atoms with Crippen molar-refractivity contribution in [2.75, 3.05) is 0 Å². The first-order chi connectivity index (χ1) is 6.77. The van der Waals surface area contributed by atoms with Gasteiger partial charge >= 0.3 is 12.1 Å². The van der Waals surface area contributed by atoms with Crippen molar-refractivity contribution in [3.05, 3.63) is 0 Å². The Morgan fingerprint density at radius 2 is 2.07 bits per heavy atom. The lowest BCUT2D eigenvalue weighted by Gasteiger charge is -2.19. The van der Waals surface area contributed by atoms with Crippen LogP contribution in [0.2, 0.25) is 0 Å². The fourth-order valence-corrected chi connectivity index (χ4v) is 0.822. The smallest absolute Gasteiger partial charge is 0.410 e. The molecule has 1 N–H and O–H groups in total. The number of ether oxygens (including phenoxy) is 1. The first-order valence-electron chi connectivity index (χ1n) is 4.24. The van der Waals surface area contributed by atoms with E-state index >= 15 is 0 Å². The summed E-state index contributed by atoms with van der Waals surface area (Å²) in [5, 5.41) is 2.91. The molecule has 1 unspecified atom stereocenters. The molecule has 7 heteroatoms. The Morgan fingerprint density at radius 3 is 2.40 bits per heavy atom. The summed E-state index contributed by atoms with van der Waals surface area (Å²) in [5.41, 5.74) is 1.71. The van der Waals surface area contributed by atoms with Crippen LogP contribution in [0.3, 0.4) is 0 Å². The summed E-state index contributed by atoms with van der Waals surface area (Å²) in [6.45, 7) is 5.98. The predicted molar refractivity (Wildman–Crippen MR) is 48.4 cm³/mol. The number of halogens is 3.